The van der Waals surface area contributed by atoms with Crippen molar-refractivity contribution in [2.24, 2.45) is 0 Å². The largest absolute Gasteiger partial charge is 0.449 e. The maximum absolute atomic E-state index is 13.5. The van der Waals surface area contributed by atoms with E-state index in [0.717, 1.165) is 6.92 Å². The van der Waals surface area contributed by atoms with Crippen molar-refractivity contribution < 1.29 is 37.1 Å². The van der Waals surface area contributed by atoms with Crippen molar-refractivity contribution in [3.8, 4) is 0 Å². The summed E-state index contributed by atoms with van der Waals surface area (Å²) in [6, 6.07) is 0.718. The Labute approximate surface area is 107 Å². The summed E-state index contributed by atoms with van der Waals surface area (Å²) in [7, 11) is 0. The number of aliphatic hydroxyl groups is 2. The van der Waals surface area contributed by atoms with E-state index in [-0.39, 0.29) is 6.07 Å². The number of hydrogen-bond acceptors (Lipinski definition) is 5. The summed E-state index contributed by atoms with van der Waals surface area (Å²) in [5, 5.41) is 27.7. The van der Waals surface area contributed by atoms with E-state index < -0.39 is 39.9 Å². The van der Waals surface area contributed by atoms with E-state index in [0.29, 0.717) is 6.07 Å². The molecule has 1 aromatic heterocycles. The van der Waals surface area contributed by atoms with Gasteiger partial charge in [0.05, 0.1) is 4.92 Å². The van der Waals surface area contributed by atoms with Crippen LogP contribution in [0.25, 0.3) is 0 Å². The molecule has 1 aromatic rings. The molecule has 0 spiro atoms. The third-order valence-corrected chi connectivity index (χ3v) is 2.41. The molecular weight excluding hydrogens is 295 g/mol. The summed E-state index contributed by atoms with van der Waals surface area (Å²) in [6.45, 7) is 0.918. The molecule has 1 rings (SSSR count). The van der Waals surface area contributed by atoms with Crippen molar-refractivity contribution in [2.75, 3.05) is 0 Å². The SMILES string of the molecule is Cc1nc(C(F)(F)C(O)(O)C(F)(F)F)ccc1[N+](=O)[O-]. The summed E-state index contributed by atoms with van der Waals surface area (Å²) in [5.41, 5.74) is -2.94. The molecule has 0 aliphatic carbocycles. The number of aryl methyl sites for hydroxylation is 1. The van der Waals surface area contributed by atoms with Crippen LogP contribution in [0.3, 0.4) is 0 Å². The Morgan fingerprint density at radius 3 is 2.05 bits per heavy atom. The molecule has 2 N–H and O–H groups in total. The van der Waals surface area contributed by atoms with Gasteiger partial charge in [0.1, 0.15) is 11.4 Å². The van der Waals surface area contributed by atoms with Crippen LogP contribution >= 0.6 is 0 Å². The Kier molecular flexibility index (Phi) is 3.72. The van der Waals surface area contributed by atoms with Crippen LogP contribution in [0.2, 0.25) is 0 Å². The lowest BCUT2D eigenvalue weighted by atomic mass is 10.0. The number of nitrogens with zero attached hydrogens (tertiary/aromatic N) is 2. The van der Waals surface area contributed by atoms with Crippen LogP contribution in [-0.4, -0.2) is 32.1 Å². The molecule has 0 bridgehead atoms. The fourth-order valence-electron chi connectivity index (χ4n) is 1.28. The van der Waals surface area contributed by atoms with Crippen LogP contribution in [0.5, 0.6) is 0 Å². The first-order chi connectivity index (χ1) is 8.82. The minimum atomic E-state index is -6.05. The van der Waals surface area contributed by atoms with E-state index in [1.54, 1.807) is 0 Å². The molecule has 0 amide bonds. The highest BCUT2D eigenvalue weighted by Crippen LogP contribution is 2.46. The van der Waals surface area contributed by atoms with Crippen LogP contribution in [0.4, 0.5) is 27.6 Å². The molecule has 112 valence electrons. The molecule has 0 radical (unpaired) electrons. The van der Waals surface area contributed by atoms with Crippen molar-refractivity contribution in [2.45, 2.75) is 24.8 Å². The Balaban J connectivity index is 3.37. The van der Waals surface area contributed by atoms with Crippen molar-refractivity contribution >= 4 is 5.69 Å². The van der Waals surface area contributed by atoms with E-state index in [9.17, 15) is 32.1 Å². The topological polar surface area (TPSA) is 96.5 Å². The predicted octanol–water partition coefficient (Wildman–Crippen LogP) is 1.63. The molecule has 1 heterocycles. The second-order valence-electron chi connectivity index (χ2n) is 3.80. The highest BCUT2D eigenvalue weighted by atomic mass is 19.4. The number of aromatic nitrogens is 1. The van der Waals surface area contributed by atoms with Crippen molar-refractivity contribution in [3.05, 3.63) is 33.6 Å². The minimum Gasteiger partial charge on any atom is -0.354 e. The van der Waals surface area contributed by atoms with Gasteiger partial charge in [-0.05, 0) is 13.0 Å². The monoisotopic (exact) mass is 302 g/mol. The van der Waals surface area contributed by atoms with E-state index in [1.807, 2.05) is 0 Å². The molecule has 0 aromatic carbocycles. The second-order valence-corrected chi connectivity index (χ2v) is 3.80. The summed E-state index contributed by atoms with van der Waals surface area (Å²) < 4.78 is 63.6. The first-order valence-electron chi connectivity index (χ1n) is 4.84. The smallest absolute Gasteiger partial charge is 0.354 e. The second kappa shape index (κ2) is 4.59. The van der Waals surface area contributed by atoms with Gasteiger partial charge in [0.25, 0.3) is 5.69 Å². The Bertz CT molecular complexity index is 544. The van der Waals surface area contributed by atoms with E-state index in [4.69, 9.17) is 10.2 Å². The molecular formula is C9H7F5N2O4. The fraction of sp³-hybridized carbons (Fsp3) is 0.444. The maximum Gasteiger partial charge on any atom is 0.449 e. The van der Waals surface area contributed by atoms with Gasteiger partial charge in [0, 0.05) is 6.07 Å². The van der Waals surface area contributed by atoms with Gasteiger partial charge < -0.3 is 10.2 Å². The predicted molar refractivity (Wildman–Crippen MR) is 52.7 cm³/mol. The summed E-state index contributed by atoms with van der Waals surface area (Å²) in [4.78, 5) is 12.4. The first-order valence-corrected chi connectivity index (χ1v) is 4.84. The van der Waals surface area contributed by atoms with Gasteiger partial charge >= 0.3 is 17.9 Å². The zero-order valence-corrected chi connectivity index (χ0v) is 9.65. The number of hydrogen-bond donors (Lipinski definition) is 2. The average molecular weight is 302 g/mol. The van der Waals surface area contributed by atoms with Gasteiger partial charge in [-0.3, -0.25) is 10.1 Å². The van der Waals surface area contributed by atoms with Crippen LogP contribution in [0.15, 0.2) is 12.1 Å². The van der Waals surface area contributed by atoms with Gasteiger partial charge in [-0.25, -0.2) is 4.98 Å². The third-order valence-electron chi connectivity index (χ3n) is 2.41. The lowest BCUT2D eigenvalue weighted by Crippen LogP contribution is -2.57. The molecule has 0 aliphatic rings. The number of rotatable bonds is 3. The van der Waals surface area contributed by atoms with E-state index in [2.05, 4.69) is 4.98 Å². The lowest BCUT2D eigenvalue weighted by Gasteiger charge is -2.31. The van der Waals surface area contributed by atoms with Gasteiger partial charge in [-0.1, -0.05) is 0 Å². The highest BCUT2D eigenvalue weighted by molar-refractivity contribution is 5.36. The molecule has 6 nitrogen and oxygen atoms in total. The molecule has 0 fully saturated rings. The van der Waals surface area contributed by atoms with Crippen LogP contribution in [-0.2, 0) is 5.92 Å². The molecule has 0 saturated carbocycles. The third kappa shape index (κ3) is 2.41. The van der Waals surface area contributed by atoms with E-state index in [1.165, 1.54) is 0 Å². The molecule has 0 unspecified atom stereocenters. The molecule has 0 saturated heterocycles. The fourth-order valence-corrected chi connectivity index (χ4v) is 1.28. The molecule has 0 atom stereocenters. The molecule has 0 aliphatic heterocycles. The quantitative estimate of drug-likeness (QED) is 0.383. The average Bonchev–Trinajstić information content (AvgIpc) is 2.26. The van der Waals surface area contributed by atoms with Gasteiger partial charge in [0.2, 0.25) is 0 Å². The van der Waals surface area contributed by atoms with Crippen LogP contribution in [0.1, 0.15) is 11.4 Å². The van der Waals surface area contributed by atoms with Crippen LogP contribution < -0.4 is 0 Å². The Morgan fingerprint density at radius 1 is 1.20 bits per heavy atom. The van der Waals surface area contributed by atoms with Gasteiger partial charge in [0.15, 0.2) is 0 Å². The summed E-state index contributed by atoms with van der Waals surface area (Å²) in [6.07, 6.45) is -6.05. The van der Waals surface area contributed by atoms with Crippen LogP contribution in [0, 0.1) is 17.0 Å². The summed E-state index contributed by atoms with van der Waals surface area (Å²) >= 11 is 0. The molecule has 20 heavy (non-hydrogen) atoms. The Hall–Kier alpha value is -1.88. The lowest BCUT2D eigenvalue weighted by molar-refractivity contribution is -0.422. The number of nitro groups is 1. The zero-order chi connectivity index (χ0) is 15.9. The van der Waals surface area contributed by atoms with E-state index >= 15 is 0 Å². The number of alkyl halides is 5. The van der Waals surface area contributed by atoms with Gasteiger partial charge in [-0.15, -0.1) is 0 Å². The highest BCUT2D eigenvalue weighted by Gasteiger charge is 2.70. The summed E-state index contributed by atoms with van der Waals surface area (Å²) in [5.74, 6) is -10.6. The number of halogens is 5. The maximum atomic E-state index is 13.5. The first kappa shape index (κ1) is 16.2. The van der Waals surface area contributed by atoms with Gasteiger partial charge in [-0.2, -0.15) is 22.0 Å². The zero-order valence-electron chi connectivity index (χ0n) is 9.65. The molecule has 11 heteroatoms. The standard InChI is InChI=1S/C9H7F5N2O4/c1-4-5(16(19)20)2-3-6(15-4)7(10,11)8(17,18)9(12,13)14/h2-3,17-18H,1H3. The van der Waals surface area contributed by atoms with Crippen molar-refractivity contribution in [1.82, 2.24) is 4.98 Å². The normalized spacial score (nSPS) is 13.4. The minimum absolute atomic E-state index is 0.220. The van der Waals surface area contributed by atoms with Crippen molar-refractivity contribution in [1.29, 1.82) is 0 Å². The van der Waals surface area contributed by atoms with Crippen molar-refractivity contribution in [3.63, 3.8) is 0 Å². The number of pyridine rings is 1. The Morgan fingerprint density at radius 2 is 1.70 bits per heavy atom.